The van der Waals surface area contributed by atoms with Crippen LogP contribution in [0.1, 0.15) is 61.3 Å². The van der Waals surface area contributed by atoms with E-state index in [0.717, 1.165) is 46.5 Å². The van der Waals surface area contributed by atoms with Crippen LogP contribution >= 0.6 is 0 Å². The Bertz CT molecular complexity index is 1590. The summed E-state index contributed by atoms with van der Waals surface area (Å²) in [5, 5.41) is 10.1. The summed E-state index contributed by atoms with van der Waals surface area (Å²) in [5.41, 5.74) is 4.38. The largest absolute Gasteiger partial charge is 0.394 e. The lowest BCUT2D eigenvalue weighted by Gasteiger charge is -2.36. The summed E-state index contributed by atoms with van der Waals surface area (Å²) in [6.07, 6.45) is 3.20. The zero-order valence-electron chi connectivity index (χ0n) is 25.2. The molecule has 3 amide bonds. The van der Waals surface area contributed by atoms with Crippen molar-refractivity contribution in [3.8, 4) is 0 Å². The molecule has 4 aliphatic heterocycles. The van der Waals surface area contributed by atoms with Gasteiger partial charge in [-0.3, -0.25) is 14.4 Å². The third kappa shape index (κ3) is 4.81. The number of anilines is 2. The van der Waals surface area contributed by atoms with Crippen LogP contribution in [0.4, 0.5) is 11.4 Å². The maximum Gasteiger partial charge on any atom is 0.264 e. The van der Waals surface area contributed by atoms with E-state index in [2.05, 4.69) is 6.07 Å². The lowest BCUT2D eigenvalue weighted by molar-refractivity contribution is -0.151. The van der Waals surface area contributed by atoms with Crippen molar-refractivity contribution < 1.29 is 24.2 Å². The quantitative estimate of drug-likeness (QED) is 0.447. The smallest absolute Gasteiger partial charge is 0.264 e. The van der Waals surface area contributed by atoms with Crippen molar-refractivity contribution in [2.24, 2.45) is 5.92 Å². The number of benzene rings is 3. The van der Waals surface area contributed by atoms with E-state index in [1.165, 1.54) is 0 Å². The standard InChI is InChI=1S/C36H39N3O5/c1-24-17-30(20-34(42)38-22-27-12-6-5-11-26(27)18-29(38)23-40)44-36(24)31-19-28(37-16-8-7-13-33(37)41)14-15-32(31)39(35(36)43)21-25-9-3-2-4-10-25/h2-6,9-12,14-15,19,24,29-30,40H,7-8,13,16-18,20-23H2,1H3/t24-,29-,30-,36+/m0/s1. The highest BCUT2D eigenvalue weighted by Gasteiger charge is 2.60. The number of piperidine rings is 1. The molecule has 3 aromatic rings. The predicted octanol–water partition coefficient (Wildman–Crippen LogP) is 4.71. The van der Waals surface area contributed by atoms with Crippen LogP contribution in [0.25, 0.3) is 0 Å². The third-order valence-corrected chi connectivity index (χ3v) is 10.0. The maximum atomic E-state index is 14.5. The van der Waals surface area contributed by atoms with E-state index in [4.69, 9.17) is 4.74 Å². The Morgan fingerprint density at radius 3 is 2.55 bits per heavy atom. The molecule has 2 saturated heterocycles. The van der Waals surface area contributed by atoms with Crippen LogP contribution in [0.15, 0.2) is 72.8 Å². The molecule has 0 aromatic heterocycles. The average molecular weight is 594 g/mol. The van der Waals surface area contributed by atoms with Gasteiger partial charge in [0.25, 0.3) is 5.91 Å². The summed E-state index contributed by atoms with van der Waals surface area (Å²) >= 11 is 0. The van der Waals surface area contributed by atoms with Crippen molar-refractivity contribution in [1.82, 2.24) is 4.90 Å². The summed E-state index contributed by atoms with van der Waals surface area (Å²) in [5.74, 6) is -0.287. The molecule has 1 N–H and O–H groups in total. The Morgan fingerprint density at radius 2 is 1.77 bits per heavy atom. The van der Waals surface area contributed by atoms with Crippen LogP contribution in [0.2, 0.25) is 0 Å². The van der Waals surface area contributed by atoms with Gasteiger partial charge in [0.2, 0.25) is 11.8 Å². The number of rotatable bonds is 6. The number of carbonyl (C=O) groups is 3. The van der Waals surface area contributed by atoms with Crippen molar-refractivity contribution in [2.45, 2.75) is 76.3 Å². The SMILES string of the molecule is C[C@H]1C[C@@H](CC(=O)N2Cc3ccccc3C[C@H]2CO)O[C@]12C(=O)N(Cc1ccccc1)c1ccc(N3CCCCC3=O)cc12. The fourth-order valence-corrected chi connectivity index (χ4v) is 7.71. The Kier molecular flexibility index (Phi) is 7.50. The van der Waals surface area contributed by atoms with Crippen LogP contribution in [-0.2, 0) is 44.2 Å². The molecule has 7 rings (SSSR count). The average Bonchev–Trinajstić information content (AvgIpc) is 3.49. The van der Waals surface area contributed by atoms with Gasteiger partial charge in [-0.15, -0.1) is 0 Å². The van der Waals surface area contributed by atoms with Gasteiger partial charge in [0.05, 0.1) is 37.4 Å². The number of ether oxygens (including phenoxy) is 1. The van der Waals surface area contributed by atoms with Gasteiger partial charge in [-0.05, 0) is 60.6 Å². The van der Waals surface area contributed by atoms with Crippen LogP contribution < -0.4 is 9.80 Å². The summed E-state index contributed by atoms with van der Waals surface area (Å²) in [6, 6.07) is 23.5. The summed E-state index contributed by atoms with van der Waals surface area (Å²) in [4.78, 5) is 46.5. The number of hydrogen-bond acceptors (Lipinski definition) is 5. The van der Waals surface area contributed by atoms with E-state index < -0.39 is 11.7 Å². The minimum atomic E-state index is -1.24. The second-order valence-electron chi connectivity index (χ2n) is 12.7. The van der Waals surface area contributed by atoms with Gasteiger partial charge in [-0.2, -0.15) is 0 Å². The Balaban J connectivity index is 1.19. The molecule has 0 unspecified atom stereocenters. The summed E-state index contributed by atoms with van der Waals surface area (Å²) in [7, 11) is 0. The number of amides is 3. The number of nitrogens with zero attached hydrogens (tertiary/aromatic N) is 3. The highest BCUT2D eigenvalue weighted by molar-refractivity contribution is 6.08. The Hall–Kier alpha value is -4.01. The van der Waals surface area contributed by atoms with Crippen molar-refractivity contribution in [2.75, 3.05) is 23.0 Å². The molecule has 8 nitrogen and oxygen atoms in total. The van der Waals surface area contributed by atoms with E-state index in [-0.39, 0.29) is 42.7 Å². The van der Waals surface area contributed by atoms with Crippen molar-refractivity contribution >= 4 is 29.1 Å². The van der Waals surface area contributed by atoms with Gasteiger partial charge in [0.1, 0.15) is 0 Å². The molecule has 4 atom stereocenters. The first-order chi connectivity index (χ1) is 21.4. The molecule has 0 radical (unpaired) electrons. The monoisotopic (exact) mass is 593 g/mol. The highest BCUT2D eigenvalue weighted by Crippen LogP contribution is 2.54. The zero-order chi connectivity index (χ0) is 30.4. The van der Waals surface area contributed by atoms with Gasteiger partial charge in [-0.1, -0.05) is 61.5 Å². The molecule has 4 aliphatic rings. The molecule has 0 bridgehead atoms. The van der Waals surface area contributed by atoms with E-state index in [0.29, 0.717) is 38.9 Å². The summed E-state index contributed by atoms with van der Waals surface area (Å²) < 4.78 is 6.79. The highest BCUT2D eigenvalue weighted by atomic mass is 16.5. The molecular formula is C36H39N3O5. The lowest BCUT2D eigenvalue weighted by atomic mass is 9.82. The minimum absolute atomic E-state index is 0.0766. The van der Waals surface area contributed by atoms with Crippen molar-refractivity contribution in [3.05, 3.63) is 95.1 Å². The van der Waals surface area contributed by atoms with E-state index >= 15 is 0 Å². The van der Waals surface area contributed by atoms with Crippen LogP contribution in [-0.4, -0.2) is 53.0 Å². The number of aliphatic hydroxyl groups is 1. The molecule has 4 heterocycles. The fraction of sp³-hybridized carbons (Fsp3) is 0.417. The maximum absolute atomic E-state index is 14.5. The number of aliphatic hydroxyl groups excluding tert-OH is 1. The second-order valence-corrected chi connectivity index (χ2v) is 12.7. The first kappa shape index (κ1) is 28.7. The van der Waals surface area contributed by atoms with Gasteiger partial charge in [-0.25, -0.2) is 0 Å². The van der Waals surface area contributed by atoms with Gasteiger partial charge in [0, 0.05) is 36.7 Å². The molecule has 3 aromatic carbocycles. The fourth-order valence-electron chi connectivity index (χ4n) is 7.71. The minimum Gasteiger partial charge on any atom is -0.394 e. The van der Waals surface area contributed by atoms with Crippen LogP contribution in [0, 0.1) is 5.92 Å². The van der Waals surface area contributed by atoms with Crippen LogP contribution in [0.5, 0.6) is 0 Å². The molecule has 8 heteroatoms. The third-order valence-electron chi connectivity index (χ3n) is 10.0. The van der Waals surface area contributed by atoms with Crippen LogP contribution in [0.3, 0.4) is 0 Å². The predicted molar refractivity (Wildman–Crippen MR) is 167 cm³/mol. The molecule has 1 spiro atoms. The molecular weight excluding hydrogens is 554 g/mol. The number of hydrogen-bond donors (Lipinski definition) is 1. The second kappa shape index (κ2) is 11.5. The van der Waals surface area contributed by atoms with Gasteiger partial charge >= 0.3 is 0 Å². The molecule has 44 heavy (non-hydrogen) atoms. The van der Waals surface area contributed by atoms with E-state index in [1.54, 1.807) is 9.80 Å². The number of fused-ring (bicyclic) bond motifs is 3. The first-order valence-corrected chi connectivity index (χ1v) is 15.8. The zero-order valence-corrected chi connectivity index (χ0v) is 25.2. The molecule has 228 valence electrons. The molecule has 0 aliphatic carbocycles. The Labute approximate surface area is 258 Å². The molecule has 2 fully saturated rings. The van der Waals surface area contributed by atoms with Crippen molar-refractivity contribution in [3.63, 3.8) is 0 Å². The van der Waals surface area contributed by atoms with E-state index in [1.807, 2.05) is 78.6 Å². The Morgan fingerprint density at radius 1 is 1.00 bits per heavy atom. The van der Waals surface area contributed by atoms with Gasteiger partial charge in [0.15, 0.2) is 5.60 Å². The normalized spacial score (nSPS) is 26.3. The first-order valence-electron chi connectivity index (χ1n) is 15.8. The number of carbonyl (C=O) groups excluding carboxylic acids is 3. The molecule has 0 saturated carbocycles. The van der Waals surface area contributed by atoms with Crippen molar-refractivity contribution in [1.29, 1.82) is 0 Å². The summed E-state index contributed by atoms with van der Waals surface area (Å²) in [6.45, 7) is 3.44. The van der Waals surface area contributed by atoms with Gasteiger partial charge < -0.3 is 24.5 Å². The lowest BCUT2D eigenvalue weighted by Crippen LogP contribution is -2.47. The van der Waals surface area contributed by atoms with E-state index in [9.17, 15) is 19.5 Å². The topological polar surface area (TPSA) is 90.4 Å².